The Labute approximate surface area is 139 Å². The maximum absolute atomic E-state index is 12.9. The quantitative estimate of drug-likeness (QED) is 0.812. The fourth-order valence-electron chi connectivity index (χ4n) is 3.85. The van der Waals surface area contributed by atoms with Gasteiger partial charge in [0, 0.05) is 31.9 Å². The highest BCUT2D eigenvalue weighted by Crippen LogP contribution is 2.39. The Kier molecular flexibility index (Phi) is 3.73. The minimum atomic E-state index is 0.0831. The average Bonchev–Trinajstić information content (AvgIpc) is 2.94. The number of carbonyl (C=O) groups is 1. The second-order valence-electron chi connectivity index (χ2n) is 6.67. The first-order valence-corrected chi connectivity index (χ1v) is 8.56. The van der Waals surface area contributed by atoms with Gasteiger partial charge in [-0.2, -0.15) is 0 Å². The largest absolute Gasteiger partial charge is 0.429 e. The van der Waals surface area contributed by atoms with E-state index in [1.807, 2.05) is 17.0 Å². The molecule has 0 saturated carbocycles. The van der Waals surface area contributed by atoms with Gasteiger partial charge in [-0.15, -0.1) is 0 Å². The van der Waals surface area contributed by atoms with Crippen LogP contribution in [0.2, 0.25) is 0 Å². The van der Waals surface area contributed by atoms with Gasteiger partial charge in [0.05, 0.1) is 5.52 Å². The second-order valence-corrected chi connectivity index (χ2v) is 7.04. The van der Waals surface area contributed by atoms with Crippen LogP contribution in [0.25, 0.3) is 11.1 Å². The number of fused-ring (bicyclic) bond motifs is 1. The van der Waals surface area contributed by atoms with Crippen molar-refractivity contribution in [1.82, 2.24) is 9.88 Å². The summed E-state index contributed by atoms with van der Waals surface area (Å²) in [6.07, 6.45) is 4.38. The van der Waals surface area contributed by atoms with E-state index < -0.39 is 0 Å². The van der Waals surface area contributed by atoms with Crippen LogP contribution < -0.4 is 0 Å². The first-order chi connectivity index (χ1) is 11.2. The Hall–Kier alpha value is -1.66. The molecule has 0 radical (unpaired) electrons. The van der Waals surface area contributed by atoms with Gasteiger partial charge in [0.25, 0.3) is 10.7 Å². The number of hydrogen-bond donors (Lipinski definition) is 1. The fraction of sp³-hybridized carbons (Fsp3) is 0.529. The lowest BCUT2D eigenvalue weighted by molar-refractivity contribution is -0.0229. The van der Waals surface area contributed by atoms with Gasteiger partial charge < -0.3 is 19.0 Å². The summed E-state index contributed by atoms with van der Waals surface area (Å²) in [6.45, 7) is 3.30. The molecule has 122 valence electrons. The molecule has 6 heteroatoms. The monoisotopic (exact) mass is 332 g/mol. The lowest BCUT2D eigenvalue weighted by Crippen LogP contribution is -2.48. The number of nitrogens with one attached hydrogen (secondary N) is 1. The number of carbonyl (C=O) groups excluding carboxylic acids is 1. The van der Waals surface area contributed by atoms with E-state index >= 15 is 0 Å². The number of rotatable bonds is 1. The van der Waals surface area contributed by atoms with Crippen molar-refractivity contribution in [2.45, 2.75) is 25.7 Å². The summed E-state index contributed by atoms with van der Waals surface area (Å²) in [5.74, 6) is 0.0831. The van der Waals surface area contributed by atoms with Crippen LogP contribution in [0.15, 0.2) is 22.6 Å². The number of nitrogens with zero attached hydrogens (tertiary/aromatic N) is 1. The fourth-order valence-corrected chi connectivity index (χ4v) is 4.05. The number of amides is 1. The zero-order valence-corrected chi connectivity index (χ0v) is 13.8. The highest BCUT2D eigenvalue weighted by atomic mass is 32.1. The van der Waals surface area contributed by atoms with Gasteiger partial charge in [0.15, 0.2) is 5.58 Å². The van der Waals surface area contributed by atoms with Gasteiger partial charge in [-0.1, -0.05) is 0 Å². The third kappa shape index (κ3) is 2.81. The zero-order valence-electron chi connectivity index (χ0n) is 13.0. The van der Waals surface area contributed by atoms with Gasteiger partial charge >= 0.3 is 0 Å². The van der Waals surface area contributed by atoms with E-state index in [4.69, 9.17) is 21.4 Å². The van der Waals surface area contributed by atoms with E-state index in [2.05, 4.69) is 4.98 Å². The molecule has 0 unspecified atom stereocenters. The first-order valence-electron chi connectivity index (χ1n) is 8.15. The minimum absolute atomic E-state index is 0.0831. The Morgan fingerprint density at radius 2 is 2.09 bits per heavy atom. The molecule has 1 amide bonds. The molecule has 2 saturated heterocycles. The van der Waals surface area contributed by atoms with E-state index in [0.29, 0.717) is 16.0 Å². The molecule has 23 heavy (non-hydrogen) atoms. The topological polar surface area (TPSA) is 58.5 Å². The maximum Gasteiger partial charge on any atom is 0.266 e. The van der Waals surface area contributed by atoms with Gasteiger partial charge in [0.2, 0.25) is 0 Å². The molecule has 5 nitrogen and oxygen atoms in total. The standard InChI is InChI=1S/C17H20N2O3S/c20-15(12-2-3-13-14(10-12)22-16(23)18-13)19-7-1-4-17(11-19)5-8-21-9-6-17/h2-3,10H,1,4-9,11H2,(H,18,23). The van der Waals surface area contributed by atoms with Gasteiger partial charge in [0.1, 0.15) is 0 Å². The highest BCUT2D eigenvalue weighted by molar-refractivity contribution is 7.71. The van der Waals surface area contributed by atoms with Crippen molar-refractivity contribution in [3.8, 4) is 0 Å². The maximum atomic E-state index is 12.9. The van der Waals surface area contributed by atoms with Crippen LogP contribution in [0.4, 0.5) is 0 Å². The van der Waals surface area contributed by atoms with Gasteiger partial charge in [-0.3, -0.25) is 4.79 Å². The van der Waals surface area contributed by atoms with Crippen LogP contribution >= 0.6 is 12.2 Å². The number of likely N-dealkylation sites (tertiary alicyclic amines) is 1. The zero-order chi connectivity index (χ0) is 15.9. The molecule has 3 heterocycles. The normalized spacial score (nSPS) is 21.0. The molecular weight excluding hydrogens is 312 g/mol. The molecule has 1 aromatic carbocycles. The van der Waals surface area contributed by atoms with Crippen LogP contribution in [0.5, 0.6) is 0 Å². The molecule has 2 aromatic rings. The van der Waals surface area contributed by atoms with E-state index in [0.717, 1.165) is 51.1 Å². The van der Waals surface area contributed by atoms with Crippen molar-refractivity contribution in [2.75, 3.05) is 26.3 Å². The lowest BCUT2D eigenvalue weighted by Gasteiger charge is -2.45. The summed E-state index contributed by atoms with van der Waals surface area (Å²) in [4.78, 5) is 18.2. The summed E-state index contributed by atoms with van der Waals surface area (Å²) >= 11 is 5.00. The van der Waals surface area contributed by atoms with Crippen LogP contribution in [0.3, 0.4) is 0 Å². The smallest absolute Gasteiger partial charge is 0.266 e. The van der Waals surface area contributed by atoms with Crippen molar-refractivity contribution >= 4 is 29.2 Å². The SMILES string of the molecule is O=C(c1ccc2[nH]c(=S)oc2c1)N1CCCC2(CCOCC2)C1. The predicted octanol–water partition coefficient (Wildman–Crippen LogP) is 3.52. The number of aromatic nitrogens is 1. The van der Waals surface area contributed by atoms with Gasteiger partial charge in [-0.25, -0.2) is 0 Å². The number of aromatic amines is 1. The number of oxazole rings is 1. The number of benzene rings is 1. The first kappa shape index (κ1) is 14.9. The Balaban J connectivity index is 1.58. The van der Waals surface area contributed by atoms with Crippen molar-refractivity contribution < 1.29 is 13.9 Å². The molecule has 0 aliphatic carbocycles. The Bertz CT molecular complexity index is 783. The van der Waals surface area contributed by atoms with Crippen molar-refractivity contribution in [3.63, 3.8) is 0 Å². The molecule has 2 fully saturated rings. The highest BCUT2D eigenvalue weighted by Gasteiger charge is 2.38. The van der Waals surface area contributed by atoms with Crippen LogP contribution in [-0.2, 0) is 4.74 Å². The Morgan fingerprint density at radius 1 is 1.26 bits per heavy atom. The molecule has 2 aliphatic heterocycles. The molecule has 4 rings (SSSR count). The number of hydrogen-bond acceptors (Lipinski definition) is 4. The van der Waals surface area contributed by atoms with Crippen molar-refractivity contribution in [3.05, 3.63) is 28.6 Å². The van der Waals surface area contributed by atoms with E-state index in [1.54, 1.807) is 6.07 Å². The number of piperidine rings is 1. The number of ether oxygens (including phenoxy) is 1. The summed E-state index contributed by atoms with van der Waals surface area (Å²) < 4.78 is 10.9. The molecular formula is C17H20N2O3S. The third-order valence-corrected chi connectivity index (χ3v) is 5.36. The van der Waals surface area contributed by atoms with E-state index in [1.165, 1.54) is 6.42 Å². The van der Waals surface area contributed by atoms with Crippen molar-refractivity contribution in [1.29, 1.82) is 0 Å². The summed E-state index contributed by atoms with van der Waals surface area (Å²) in [5.41, 5.74) is 2.38. The predicted molar refractivity (Wildman–Crippen MR) is 89.0 cm³/mol. The Morgan fingerprint density at radius 3 is 2.91 bits per heavy atom. The second kappa shape index (κ2) is 5.76. The molecule has 1 spiro atoms. The van der Waals surface area contributed by atoms with Crippen LogP contribution in [0, 0.1) is 10.3 Å². The van der Waals surface area contributed by atoms with E-state index in [-0.39, 0.29) is 11.3 Å². The molecule has 1 aromatic heterocycles. The summed E-state index contributed by atoms with van der Waals surface area (Å²) in [6, 6.07) is 5.49. The molecule has 2 aliphatic rings. The summed E-state index contributed by atoms with van der Waals surface area (Å²) in [7, 11) is 0. The van der Waals surface area contributed by atoms with E-state index in [9.17, 15) is 4.79 Å². The van der Waals surface area contributed by atoms with Gasteiger partial charge in [-0.05, 0) is 61.5 Å². The molecule has 0 atom stereocenters. The lowest BCUT2D eigenvalue weighted by atomic mass is 9.74. The minimum Gasteiger partial charge on any atom is -0.429 e. The molecule has 0 bridgehead atoms. The molecule has 1 N–H and O–H groups in total. The van der Waals surface area contributed by atoms with Crippen LogP contribution in [-0.4, -0.2) is 42.1 Å². The number of H-pyrrole nitrogens is 1. The third-order valence-electron chi connectivity index (χ3n) is 5.17. The summed E-state index contributed by atoms with van der Waals surface area (Å²) in [5, 5.41) is 0. The average molecular weight is 332 g/mol. The van der Waals surface area contributed by atoms with Crippen molar-refractivity contribution in [2.24, 2.45) is 5.41 Å². The van der Waals surface area contributed by atoms with Crippen LogP contribution in [0.1, 0.15) is 36.0 Å².